The van der Waals surface area contributed by atoms with Crippen LogP contribution in [0.1, 0.15) is 50.3 Å². The first-order chi connectivity index (χ1) is 12.4. The fraction of sp³-hybridized carbons (Fsp3) is 0.450. The van der Waals surface area contributed by atoms with Crippen molar-refractivity contribution in [2.24, 2.45) is 16.3 Å². The Labute approximate surface area is 159 Å². The molecule has 3 aliphatic rings. The number of allylic oxidation sites excluding steroid dienone is 2. The quantitative estimate of drug-likeness (QED) is 0.589. The van der Waals surface area contributed by atoms with E-state index >= 15 is 0 Å². The standard InChI is InChI=1S/C20H24N4OS/c1-20(2)10-16-18(17(25)11-20)14(22-23-19(21)26)9-15-13-6-4-3-5-12(13)7-8-24(15)16/h3-6,15H,7-11H2,1-2H3,(H3,21,23,26)/b22-14-/t15-/m0/s1. The summed E-state index contributed by atoms with van der Waals surface area (Å²) in [5.74, 6) is 0.178. The molecule has 2 heterocycles. The van der Waals surface area contributed by atoms with Gasteiger partial charge in [-0.15, -0.1) is 0 Å². The summed E-state index contributed by atoms with van der Waals surface area (Å²) in [7, 11) is 0. The molecular formula is C20H24N4OS. The first-order valence-electron chi connectivity index (χ1n) is 9.09. The second kappa shape index (κ2) is 6.20. The maximum atomic E-state index is 13.0. The van der Waals surface area contributed by atoms with Gasteiger partial charge in [-0.05, 0) is 41.6 Å². The molecule has 26 heavy (non-hydrogen) atoms. The maximum absolute atomic E-state index is 13.0. The van der Waals surface area contributed by atoms with Gasteiger partial charge in [-0.1, -0.05) is 38.1 Å². The lowest BCUT2D eigenvalue weighted by Gasteiger charge is -2.48. The largest absolute Gasteiger partial charge is 0.375 e. The molecule has 0 radical (unpaired) electrons. The summed E-state index contributed by atoms with van der Waals surface area (Å²) in [6, 6.07) is 8.81. The van der Waals surface area contributed by atoms with E-state index in [4.69, 9.17) is 18.0 Å². The Bertz CT molecular complexity index is 855. The zero-order valence-electron chi connectivity index (χ0n) is 15.2. The highest BCUT2D eigenvalue weighted by atomic mass is 32.1. The van der Waals surface area contributed by atoms with Crippen LogP contribution in [0.5, 0.6) is 0 Å². The summed E-state index contributed by atoms with van der Waals surface area (Å²) >= 11 is 4.90. The van der Waals surface area contributed by atoms with E-state index in [9.17, 15) is 4.79 Å². The number of Topliss-reactive ketones (excluding diaryl/α,β-unsaturated/α-hetero) is 1. The third kappa shape index (κ3) is 2.92. The van der Waals surface area contributed by atoms with Crippen molar-refractivity contribution in [1.29, 1.82) is 0 Å². The lowest BCUT2D eigenvalue weighted by molar-refractivity contribution is -0.118. The number of hydrogen-bond acceptors (Lipinski definition) is 4. The first-order valence-corrected chi connectivity index (χ1v) is 9.50. The predicted octanol–water partition coefficient (Wildman–Crippen LogP) is 2.82. The molecule has 0 unspecified atom stereocenters. The number of nitrogens with two attached hydrogens (primary N) is 1. The van der Waals surface area contributed by atoms with Crippen LogP contribution in [-0.2, 0) is 11.2 Å². The van der Waals surface area contributed by atoms with Gasteiger partial charge in [0, 0.05) is 25.1 Å². The molecule has 0 saturated carbocycles. The monoisotopic (exact) mass is 368 g/mol. The lowest BCUT2D eigenvalue weighted by atomic mass is 9.71. The van der Waals surface area contributed by atoms with Gasteiger partial charge >= 0.3 is 0 Å². The summed E-state index contributed by atoms with van der Waals surface area (Å²) in [4.78, 5) is 15.4. The molecule has 3 N–H and O–H groups in total. The van der Waals surface area contributed by atoms with Crippen LogP contribution in [0, 0.1) is 5.41 Å². The van der Waals surface area contributed by atoms with Crippen molar-refractivity contribution in [1.82, 2.24) is 10.3 Å². The Morgan fingerprint density at radius 2 is 2.12 bits per heavy atom. The maximum Gasteiger partial charge on any atom is 0.184 e. The van der Waals surface area contributed by atoms with Crippen molar-refractivity contribution in [3.05, 3.63) is 46.7 Å². The molecule has 1 aromatic carbocycles. The number of nitrogens with zero attached hydrogens (tertiary/aromatic N) is 2. The summed E-state index contributed by atoms with van der Waals surface area (Å²) < 4.78 is 0. The SMILES string of the molecule is CC1(C)CC(=O)C2=C(C1)N1CCc3ccccc3[C@@H]1C/C2=N/NC(N)=S. The number of carbonyl (C=O) groups is 1. The minimum Gasteiger partial charge on any atom is -0.375 e. The molecule has 0 saturated heterocycles. The number of hydrazone groups is 1. The highest BCUT2D eigenvalue weighted by Crippen LogP contribution is 2.47. The van der Waals surface area contributed by atoms with E-state index in [1.807, 2.05) is 0 Å². The van der Waals surface area contributed by atoms with Gasteiger partial charge in [-0.2, -0.15) is 5.10 Å². The second-order valence-corrected chi connectivity index (χ2v) is 8.60. The molecule has 0 bridgehead atoms. The molecule has 6 heteroatoms. The molecule has 0 spiro atoms. The summed E-state index contributed by atoms with van der Waals surface area (Å²) in [5, 5.41) is 4.54. The Morgan fingerprint density at radius 1 is 1.35 bits per heavy atom. The molecule has 1 aromatic rings. The number of carbonyl (C=O) groups excluding carboxylic acids is 1. The predicted molar refractivity (Wildman–Crippen MR) is 107 cm³/mol. The van der Waals surface area contributed by atoms with Gasteiger partial charge in [-0.25, -0.2) is 0 Å². The van der Waals surface area contributed by atoms with E-state index in [-0.39, 0.29) is 22.4 Å². The van der Waals surface area contributed by atoms with Crippen LogP contribution < -0.4 is 11.2 Å². The number of ketones is 1. The molecule has 0 fully saturated rings. The van der Waals surface area contributed by atoms with Gasteiger partial charge < -0.3 is 10.6 Å². The van der Waals surface area contributed by atoms with Crippen LogP contribution >= 0.6 is 12.2 Å². The number of hydrogen-bond donors (Lipinski definition) is 2. The Kier molecular flexibility index (Phi) is 4.10. The van der Waals surface area contributed by atoms with Crippen molar-refractivity contribution < 1.29 is 4.79 Å². The highest BCUT2D eigenvalue weighted by molar-refractivity contribution is 7.80. The van der Waals surface area contributed by atoms with Crippen LogP contribution in [0.25, 0.3) is 0 Å². The van der Waals surface area contributed by atoms with Crippen molar-refractivity contribution in [2.75, 3.05) is 6.54 Å². The molecule has 0 aromatic heterocycles. The number of benzene rings is 1. The van der Waals surface area contributed by atoms with Gasteiger partial charge in [0.15, 0.2) is 10.9 Å². The molecule has 4 rings (SSSR count). The smallest absolute Gasteiger partial charge is 0.184 e. The molecule has 5 nitrogen and oxygen atoms in total. The topological polar surface area (TPSA) is 70.7 Å². The molecule has 1 aliphatic carbocycles. The summed E-state index contributed by atoms with van der Waals surface area (Å²) in [6.45, 7) is 5.28. The van der Waals surface area contributed by atoms with Crippen molar-refractivity contribution in [3.63, 3.8) is 0 Å². The van der Waals surface area contributed by atoms with Crippen molar-refractivity contribution in [2.45, 2.75) is 45.6 Å². The van der Waals surface area contributed by atoms with Gasteiger partial charge in [0.1, 0.15) is 0 Å². The zero-order valence-corrected chi connectivity index (χ0v) is 16.0. The van der Waals surface area contributed by atoms with E-state index in [0.29, 0.717) is 12.8 Å². The van der Waals surface area contributed by atoms with E-state index in [2.05, 4.69) is 53.5 Å². The summed E-state index contributed by atoms with van der Waals surface area (Å²) in [5.41, 5.74) is 13.7. The van der Waals surface area contributed by atoms with Crippen LogP contribution in [0.3, 0.4) is 0 Å². The number of nitrogens with one attached hydrogen (secondary N) is 1. The van der Waals surface area contributed by atoms with Crippen LogP contribution in [-0.4, -0.2) is 28.1 Å². The van der Waals surface area contributed by atoms with Crippen LogP contribution in [0.4, 0.5) is 0 Å². The number of fused-ring (bicyclic) bond motifs is 4. The molecule has 0 amide bonds. The van der Waals surface area contributed by atoms with E-state index in [0.717, 1.165) is 36.4 Å². The fourth-order valence-corrected chi connectivity index (χ4v) is 4.61. The fourth-order valence-electron chi connectivity index (χ4n) is 4.56. The second-order valence-electron chi connectivity index (χ2n) is 8.16. The Balaban J connectivity index is 1.84. The van der Waals surface area contributed by atoms with E-state index in [1.54, 1.807) is 0 Å². The molecule has 136 valence electrons. The average Bonchev–Trinajstić information content (AvgIpc) is 2.58. The minimum atomic E-state index is -0.0313. The number of rotatable bonds is 1. The third-order valence-electron chi connectivity index (χ3n) is 5.59. The normalized spacial score (nSPS) is 25.5. The van der Waals surface area contributed by atoms with Crippen molar-refractivity contribution in [3.8, 4) is 0 Å². The van der Waals surface area contributed by atoms with Crippen molar-refractivity contribution >= 4 is 28.8 Å². The molecular weight excluding hydrogens is 344 g/mol. The molecule has 2 aliphatic heterocycles. The van der Waals surface area contributed by atoms with Gasteiger partial charge in [0.25, 0.3) is 0 Å². The van der Waals surface area contributed by atoms with E-state index in [1.165, 1.54) is 11.1 Å². The first kappa shape index (κ1) is 17.2. The number of thiocarbonyl (C=S) groups is 1. The lowest BCUT2D eigenvalue weighted by Crippen LogP contribution is -2.46. The Hall–Kier alpha value is -2.21. The van der Waals surface area contributed by atoms with Crippen LogP contribution in [0.2, 0.25) is 0 Å². The average molecular weight is 369 g/mol. The zero-order chi connectivity index (χ0) is 18.5. The van der Waals surface area contributed by atoms with Gasteiger partial charge in [-0.3, -0.25) is 10.2 Å². The summed E-state index contributed by atoms with van der Waals surface area (Å²) in [6.07, 6.45) is 3.14. The molecule has 1 atom stereocenters. The van der Waals surface area contributed by atoms with Gasteiger partial charge in [0.2, 0.25) is 0 Å². The van der Waals surface area contributed by atoms with Gasteiger partial charge in [0.05, 0.1) is 17.3 Å². The minimum absolute atomic E-state index is 0.0313. The highest BCUT2D eigenvalue weighted by Gasteiger charge is 2.44. The Morgan fingerprint density at radius 3 is 2.88 bits per heavy atom. The third-order valence-corrected chi connectivity index (χ3v) is 5.68. The van der Waals surface area contributed by atoms with E-state index < -0.39 is 0 Å². The van der Waals surface area contributed by atoms with Crippen LogP contribution in [0.15, 0.2) is 40.6 Å².